The molecule has 1 aliphatic carbocycles. The third-order valence-electron chi connectivity index (χ3n) is 3.89. The third-order valence-corrected chi connectivity index (χ3v) is 5.56. The fourth-order valence-corrected chi connectivity index (χ4v) is 3.82. The van der Waals surface area contributed by atoms with Crippen LogP contribution >= 0.6 is 11.6 Å². The lowest BCUT2D eigenvalue weighted by atomic mass is 10.2. The van der Waals surface area contributed by atoms with Crippen LogP contribution in [0.1, 0.15) is 18.4 Å². The molecule has 0 spiro atoms. The van der Waals surface area contributed by atoms with Gasteiger partial charge in [-0.25, -0.2) is 8.42 Å². The van der Waals surface area contributed by atoms with Gasteiger partial charge in [-0.2, -0.15) is 13.2 Å². The van der Waals surface area contributed by atoms with Crippen LogP contribution in [0.25, 0.3) is 0 Å². The van der Waals surface area contributed by atoms with E-state index in [0.717, 1.165) is 25.0 Å². The molecule has 144 valence electrons. The number of rotatable bonds is 5. The second-order valence-corrected chi connectivity index (χ2v) is 8.17. The van der Waals surface area contributed by atoms with Crippen LogP contribution in [0.3, 0.4) is 0 Å². The van der Waals surface area contributed by atoms with Gasteiger partial charge in [0, 0.05) is 22.3 Å². The molecule has 0 bridgehead atoms. The Hall–Kier alpha value is -2.26. The summed E-state index contributed by atoms with van der Waals surface area (Å²) in [6.45, 7) is 0. The zero-order valence-electron chi connectivity index (χ0n) is 13.7. The minimum atomic E-state index is -4.88. The first kappa shape index (κ1) is 19.5. The van der Waals surface area contributed by atoms with Gasteiger partial charge in [0.2, 0.25) is 5.91 Å². The standard InChI is InChI=1S/C17H14ClF3N2O3S/c18-11-3-8-15(14(9-11)17(19,20)21)27(25,26)23-13-6-4-12(5-7-13)22-16(24)10-1-2-10/h3-10,23H,1-2H2,(H,22,24). The van der Waals surface area contributed by atoms with E-state index < -0.39 is 26.7 Å². The highest BCUT2D eigenvalue weighted by Crippen LogP contribution is 2.36. The average Bonchev–Trinajstić information content (AvgIpc) is 3.40. The first-order valence-electron chi connectivity index (χ1n) is 7.87. The van der Waals surface area contributed by atoms with Crippen molar-refractivity contribution in [2.75, 3.05) is 10.0 Å². The zero-order valence-corrected chi connectivity index (χ0v) is 15.3. The van der Waals surface area contributed by atoms with E-state index in [1.54, 1.807) is 0 Å². The fourth-order valence-electron chi connectivity index (χ4n) is 2.38. The number of anilines is 2. The first-order valence-corrected chi connectivity index (χ1v) is 9.73. The summed E-state index contributed by atoms with van der Waals surface area (Å²) >= 11 is 5.57. The zero-order chi connectivity index (χ0) is 19.8. The van der Waals surface area contributed by atoms with Gasteiger partial charge in [0.25, 0.3) is 10.0 Å². The third kappa shape index (κ3) is 4.72. The van der Waals surface area contributed by atoms with Crippen LogP contribution in [0, 0.1) is 5.92 Å². The highest BCUT2D eigenvalue weighted by atomic mass is 35.5. The summed E-state index contributed by atoms with van der Waals surface area (Å²) in [6.07, 6.45) is -3.20. The van der Waals surface area contributed by atoms with E-state index in [4.69, 9.17) is 11.6 Å². The smallest absolute Gasteiger partial charge is 0.326 e. The van der Waals surface area contributed by atoms with Gasteiger partial charge in [0.1, 0.15) is 0 Å². The molecule has 10 heteroatoms. The molecule has 3 rings (SSSR count). The van der Waals surface area contributed by atoms with E-state index in [1.165, 1.54) is 24.3 Å². The summed E-state index contributed by atoms with van der Waals surface area (Å²) in [7, 11) is -4.50. The summed E-state index contributed by atoms with van der Waals surface area (Å²) in [6, 6.07) is 8.06. The molecular formula is C17H14ClF3N2O3S. The molecule has 0 heterocycles. The Morgan fingerprint density at radius 3 is 2.19 bits per heavy atom. The molecule has 1 saturated carbocycles. The minimum Gasteiger partial charge on any atom is -0.326 e. The molecule has 27 heavy (non-hydrogen) atoms. The second kappa shape index (κ2) is 7.05. The Balaban J connectivity index is 1.81. The van der Waals surface area contributed by atoms with Crippen molar-refractivity contribution in [1.82, 2.24) is 0 Å². The van der Waals surface area contributed by atoms with Crippen LogP contribution in [0.15, 0.2) is 47.4 Å². The van der Waals surface area contributed by atoms with E-state index >= 15 is 0 Å². The van der Waals surface area contributed by atoms with Crippen LogP contribution < -0.4 is 10.0 Å². The largest absolute Gasteiger partial charge is 0.417 e. The van der Waals surface area contributed by atoms with Crippen molar-refractivity contribution >= 4 is 38.9 Å². The Kier molecular flexibility index (Phi) is 5.09. The lowest BCUT2D eigenvalue weighted by Gasteiger charge is -2.15. The van der Waals surface area contributed by atoms with Gasteiger partial charge in [-0.05, 0) is 55.3 Å². The summed E-state index contributed by atoms with van der Waals surface area (Å²) in [5.41, 5.74) is -0.823. The molecule has 2 aromatic rings. The van der Waals surface area contributed by atoms with Gasteiger partial charge in [0.05, 0.1) is 10.5 Å². The van der Waals surface area contributed by atoms with Gasteiger partial charge in [-0.3, -0.25) is 9.52 Å². The maximum absolute atomic E-state index is 13.2. The second-order valence-electron chi connectivity index (χ2n) is 6.08. The number of carbonyl (C=O) groups excluding carboxylic acids is 1. The topological polar surface area (TPSA) is 75.3 Å². The summed E-state index contributed by atoms with van der Waals surface area (Å²) in [5.74, 6) is -0.104. The van der Waals surface area contributed by atoms with E-state index in [0.29, 0.717) is 11.8 Å². The molecule has 1 amide bonds. The number of nitrogens with one attached hydrogen (secondary N) is 2. The number of benzene rings is 2. The normalized spacial score (nSPS) is 14.7. The summed E-state index contributed by atoms with van der Waals surface area (Å²) in [4.78, 5) is 10.8. The number of carbonyl (C=O) groups is 1. The molecule has 1 fully saturated rings. The highest BCUT2D eigenvalue weighted by Gasteiger charge is 2.37. The molecule has 2 N–H and O–H groups in total. The Labute approximate surface area is 158 Å². The molecule has 0 saturated heterocycles. The SMILES string of the molecule is O=C(Nc1ccc(NS(=O)(=O)c2ccc(Cl)cc2C(F)(F)F)cc1)C1CC1. The van der Waals surface area contributed by atoms with Crippen molar-refractivity contribution in [3.63, 3.8) is 0 Å². The van der Waals surface area contributed by atoms with Crippen molar-refractivity contribution in [3.8, 4) is 0 Å². The average molecular weight is 419 g/mol. The summed E-state index contributed by atoms with van der Waals surface area (Å²) < 4.78 is 66.4. The van der Waals surface area contributed by atoms with E-state index in [1.807, 2.05) is 0 Å². The predicted molar refractivity (Wildman–Crippen MR) is 95.1 cm³/mol. The van der Waals surface area contributed by atoms with E-state index in [9.17, 15) is 26.4 Å². The number of halogens is 4. The molecular weight excluding hydrogens is 405 g/mol. The van der Waals surface area contributed by atoms with Gasteiger partial charge in [0.15, 0.2) is 0 Å². The number of hydrogen-bond donors (Lipinski definition) is 2. The van der Waals surface area contributed by atoms with Crippen molar-refractivity contribution < 1.29 is 26.4 Å². The molecule has 5 nitrogen and oxygen atoms in total. The number of hydrogen-bond acceptors (Lipinski definition) is 3. The molecule has 0 unspecified atom stereocenters. The van der Waals surface area contributed by atoms with Crippen LogP contribution in [0.4, 0.5) is 24.5 Å². The van der Waals surface area contributed by atoms with Gasteiger partial charge < -0.3 is 5.32 Å². The van der Waals surface area contributed by atoms with Crippen molar-refractivity contribution in [2.24, 2.45) is 5.92 Å². The fraction of sp³-hybridized carbons (Fsp3) is 0.235. The molecule has 0 radical (unpaired) electrons. The van der Waals surface area contributed by atoms with Gasteiger partial charge in [-0.15, -0.1) is 0 Å². The van der Waals surface area contributed by atoms with Crippen molar-refractivity contribution in [2.45, 2.75) is 23.9 Å². The molecule has 2 aromatic carbocycles. The number of amides is 1. The number of alkyl halides is 3. The van der Waals surface area contributed by atoms with E-state index in [-0.39, 0.29) is 22.5 Å². The molecule has 0 aliphatic heterocycles. The van der Waals surface area contributed by atoms with Crippen LogP contribution in [-0.2, 0) is 21.0 Å². The highest BCUT2D eigenvalue weighted by molar-refractivity contribution is 7.92. The molecule has 0 aromatic heterocycles. The van der Waals surface area contributed by atoms with Crippen molar-refractivity contribution in [3.05, 3.63) is 53.1 Å². The lowest BCUT2D eigenvalue weighted by molar-refractivity contribution is -0.139. The number of sulfonamides is 1. The molecule has 1 aliphatic rings. The maximum atomic E-state index is 13.2. The van der Waals surface area contributed by atoms with Gasteiger partial charge in [-0.1, -0.05) is 11.6 Å². The van der Waals surface area contributed by atoms with Crippen LogP contribution in [0.5, 0.6) is 0 Å². The molecule has 0 atom stereocenters. The maximum Gasteiger partial charge on any atom is 0.417 e. The lowest BCUT2D eigenvalue weighted by Crippen LogP contribution is -2.19. The van der Waals surface area contributed by atoms with E-state index in [2.05, 4.69) is 10.0 Å². The van der Waals surface area contributed by atoms with Crippen molar-refractivity contribution in [1.29, 1.82) is 0 Å². The predicted octanol–water partition coefficient (Wildman–Crippen LogP) is 4.51. The minimum absolute atomic E-state index is 0.00822. The van der Waals surface area contributed by atoms with Crippen LogP contribution in [-0.4, -0.2) is 14.3 Å². The monoisotopic (exact) mass is 418 g/mol. The van der Waals surface area contributed by atoms with Crippen LogP contribution in [0.2, 0.25) is 5.02 Å². The Morgan fingerprint density at radius 2 is 1.63 bits per heavy atom. The summed E-state index contributed by atoms with van der Waals surface area (Å²) in [5, 5.41) is 2.46. The quantitative estimate of drug-likeness (QED) is 0.750. The Morgan fingerprint density at radius 1 is 1.04 bits per heavy atom. The van der Waals surface area contributed by atoms with Gasteiger partial charge >= 0.3 is 6.18 Å². The Bertz CT molecular complexity index is 972. The first-order chi connectivity index (χ1) is 12.6.